The predicted octanol–water partition coefficient (Wildman–Crippen LogP) is 6.38. The van der Waals surface area contributed by atoms with Crippen LogP contribution in [0.3, 0.4) is 0 Å². The molecule has 1 aliphatic rings. The summed E-state index contributed by atoms with van der Waals surface area (Å²) in [5, 5.41) is 21.6. The molecule has 1 aliphatic heterocycles. The summed E-state index contributed by atoms with van der Waals surface area (Å²) in [7, 11) is 0. The zero-order valence-corrected chi connectivity index (χ0v) is 22.5. The first-order valence-electron chi connectivity index (χ1n) is 11.6. The molecule has 1 unspecified atom stereocenters. The lowest BCUT2D eigenvalue weighted by Crippen LogP contribution is -2.31. The van der Waals surface area contributed by atoms with Crippen LogP contribution in [0.25, 0.3) is 0 Å². The fraction of sp³-hybridized carbons (Fsp3) is 0.185. The molecule has 3 heterocycles. The second-order valence-electron chi connectivity index (χ2n) is 8.28. The van der Waals surface area contributed by atoms with Crippen LogP contribution in [-0.4, -0.2) is 33.6 Å². The standard InChI is InChI=1S/C27H23N3O4S3/c1-3-34-19-7-4-6-18(14-19)22-21(23(31)20-8-5-13-35-20)24(32)25(33)30(22)26-28-29-27(37-26)36-15-17-11-9-16(2)10-12-17/h4-14,22,32H,3,15H2,1-2H3. The number of aliphatic hydroxyl groups is 1. The monoisotopic (exact) mass is 549 g/mol. The number of hydrogen-bond acceptors (Lipinski definition) is 9. The maximum Gasteiger partial charge on any atom is 0.296 e. The number of aromatic nitrogens is 2. The van der Waals surface area contributed by atoms with E-state index in [0.717, 1.165) is 5.56 Å². The number of amides is 1. The first kappa shape index (κ1) is 25.2. The summed E-state index contributed by atoms with van der Waals surface area (Å²) in [6, 6.07) is 18.0. The van der Waals surface area contributed by atoms with Gasteiger partial charge in [-0.25, -0.2) is 0 Å². The highest BCUT2D eigenvalue weighted by atomic mass is 32.2. The molecule has 2 aromatic heterocycles. The van der Waals surface area contributed by atoms with Gasteiger partial charge in [-0.2, -0.15) is 0 Å². The van der Waals surface area contributed by atoms with Gasteiger partial charge in [0.1, 0.15) is 5.75 Å². The average Bonchev–Trinajstić information content (AvgIpc) is 3.65. The van der Waals surface area contributed by atoms with Crippen LogP contribution in [0, 0.1) is 6.92 Å². The molecule has 1 atom stereocenters. The maximum absolute atomic E-state index is 13.5. The van der Waals surface area contributed by atoms with Crippen LogP contribution in [-0.2, 0) is 10.5 Å². The zero-order chi connectivity index (χ0) is 25.9. The molecule has 188 valence electrons. The number of aliphatic hydroxyl groups excluding tert-OH is 1. The largest absolute Gasteiger partial charge is 0.503 e. The minimum atomic E-state index is -0.870. The summed E-state index contributed by atoms with van der Waals surface area (Å²) in [4.78, 5) is 28.6. The Balaban J connectivity index is 1.49. The molecular formula is C27H23N3O4S3. The number of aryl methyl sites for hydroxylation is 1. The second-order valence-corrected chi connectivity index (χ2v) is 11.4. The van der Waals surface area contributed by atoms with Crippen molar-refractivity contribution in [2.45, 2.75) is 30.0 Å². The molecule has 7 nitrogen and oxygen atoms in total. The highest BCUT2D eigenvalue weighted by molar-refractivity contribution is 8.00. The van der Waals surface area contributed by atoms with Gasteiger partial charge in [0.2, 0.25) is 10.9 Å². The Morgan fingerprint density at radius 3 is 2.68 bits per heavy atom. The molecular weight excluding hydrogens is 527 g/mol. The number of benzene rings is 2. The first-order chi connectivity index (χ1) is 18.0. The van der Waals surface area contributed by atoms with Crippen molar-refractivity contribution in [2.75, 3.05) is 11.5 Å². The Morgan fingerprint density at radius 1 is 1.14 bits per heavy atom. The summed E-state index contributed by atoms with van der Waals surface area (Å²) in [5.41, 5.74) is 3.00. The number of Topliss-reactive ketones (excluding diaryl/α,β-unsaturated/α-hetero) is 1. The second kappa shape index (κ2) is 10.9. The van der Waals surface area contributed by atoms with Crippen LogP contribution in [0.5, 0.6) is 5.75 Å². The molecule has 5 rings (SSSR count). The minimum absolute atomic E-state index is 0.0187. The lowest BCUT2D eigenvalue weighted by atomic mass is 9.95. The van der Waals surface area contributed by atoms with E-state index in [1.54, 1.807) is 29.6 Å². The minimum Gasteiger partial charge on any atom is -0.503 e. The van der Waals surface area contributed by atoms with Gasteiger partial charge in [-0.3, -0.25) is 14.5 Å². The van der Waals surface area contributed by atoms with Gasteiger partial charge in [0.15, 0.2) is 10.1 Å². The van der Waals surface area contributed by atoms with Gasteiger partial charge in [0, 0.05) is 5.75 Å². The van der Waals surface area contributed by atoms with Crippen molar-refractivity contribution >= 4 is 51.3 Å². The lowest BCUT2D eigenvalue weighted by Gasteiger charge is -2.24. The van der Waals surface area contributed by atoms with Crippen LogP contribution in [0.4, 0.5) is 5.13 Å². The van der Waals surface area contributed by atoms with E-state index in [4.69, 9.17) is 4.74 Å². The van der Waals surface area contributed by atoms with Crippen molar-refractivity contribution in [3.05, 3.63) is 98.9 Å². The Hall–Kier alpha value is -3.47. The smallest absolute Gasteiger partial charge is 0.296 e. The van der Waals surface area contributed by atoms with Gasteiger partial charge < -0.3 is 9.84 Å². The van der Waals surface area contributed by atoms with E-state index in [1.165, 1.54) is 44.9 Å². The highest BCUT2D eigenvalue weighted by Crippen LogP contribution is 2.44. The summed E-state index contributed by atoms with van der Waals surface area (Å²) in [5.74, 6) is -0.344. The van der Waals surface area contributed by atoms with Crippen molar-refractivity contribution in [1.82, 2.24) is 10.2 Å². The molecule has 0 bridgehead atoms. The molecule has 0 saturated heterocycles. The average molecular weight is 550 g/mol. The molecule has 1 N–H and O–H groups in total. The summed E-state index contributed by atoms with van der Waals surface area (Å²) >= 11 is 4.03. The predicted molar refractivity (Wildman–Crippen MR) is 147 cm³/mol. The van der Waals surface area contributed by atoms with Crippen molar-refractivity contribution in [1.29, 1.82) is 0 Å². The fourth-order valence-electron chi connectivity index (χ4n) is 4.02. The number of thiophene rings is 1. The van der Waals surface area contributed by atoms with Crippen molar-refractivity contribution < 1.29 is 19.4 Å². The van der Waals surface area contributed by atoms with Gasteiger partial charge in [-0.05, 0) is 48.6 Å². The Bertz CT molecular complexity index is 1460. The molecule has 0 saturated carbocycles. The van der Waals surface area contributed by atoms with Crippen LogP contribution >= 0.6 is 34.4 Å². The van der Waals surface area contributed by atoms with E-state index in [9.17, 15) is 14.7 Å². The van der Waals surface area contributed by atoms with Gasteiger partial charge in [0.05, 0.1) is 23.1 Å². The van der Waals surface area contributed by atoms with E-state index < -0.39 is 23.5 Å². The van der Waals surface area contributed by atoms with Crippen LogP contribution in [0.1, 0.15) is 39.3 Å². The normalized spacial score (nSPS) is 15.5. The molecule has 10 heteroatoms. The number of carbonyl (C=O) groups excluding carboxylic acids is 2. The van der Waals surface area contributed by atoms with Gasteiger partial charge in [-0.1, -0.05) is 71.1 Å². The van der Waals surface area contributed by atoms with E-state index in [2.05, 4.69) is 34.5 Å². The topological polar surface area (TPSA) is 92.6 Å². The highest BCUT2D eigenvalue weighted by Gasteiger charge is 2.46. The van der Waals surface area contributed by atoms with E-state index in [1.807, 2.05) is 26.0 Å². The zero-order valence-electron chi connectivity index (χ0n) is 20.1. The summed E-state index contributed by atoms with van der Waals surface area (Å²) < 4.78 is 6.34. The van der Waals surface area contributed by atoms with Gasteiger partial charge in [-0.15, -0.1) is 21.5 Å². The molecule has 37 heavy (non-hydrogen) atoms. The SMILES string of the molecule is CCOc1cccc(C2C(C(=O)c3cccs3)=C(O)C(=O)N2c2nnc(SCc3ccc(C)cc3)s2)c1. The Morgan fingerprint density at radius 2 is 1.95 bits per heavy atom. The number of nitrogens with zero attached hydrogens (tertiary/aromatic N) is 3. The first-order valence-corrected chi connectivity index (χ1v) is 14.2. The van der Waals surface area contributed by atoms with Crippen molar-refractivity contribution in [3.8, 4) is 5.75 Å². The van der Waals surface area contributed by atoms with E-state index >= 15 is 0 Å². The van der Waals surface area contributed by atoms with Crippen LogP contribution in [0.15, 0.2) is 81.7 Å². The number of thioether (sulfide) groups is 1. The van der Waals surface area contributed by atoms with Crippen LogP contribution < -0.4 is 9.64 Å². The van der Waals surface area contributed by atoms with E-state index in [-0.39, 0.29) is 5.57 Å². The molecule has 0 spiro atoms. The number of anilines is 1. The lowest BCUT2D eigenvalue weighted by molar-refractivity contribution is -0.117. The Kier molecular flexibility index (Phi) is 7.40. The third-order valence-electron chi connectivity index (χ3n) is 5.77. The van der Waals surface area contributed by atoms with Crippen LogP contribution in [0.2, 0.25) is 0 Å². The quantitative estimate of drug-likeness (QED) is 0.147. The molecule has 2 aromatic carbocycles. The number of hydrogen-bond donors (Lipinski definition) is 1. The van der Waals surface area contributed by atoms with Crippen molar-refractivity contribution in [2.24, 2.45) is 0 Å². The fourth-order valence-corrected chi connectivity index (χ4v) is 6.52. The molecule has 0 fully saturated rings. The van der Waals surface area contributed by atoms with Gasteiger partial charge in [0.25, 0.3) is 5.91 Å². The summed E-state index contributed by atoms with van der Waals surface area (Å²) in [6.07, 6.45) is 0. The third-order valence-corrected chi connectivity index (χ3v) is 8.76. The number of rotatable bonds is 9. The molecule has 0 radical (unpaired) electrons. The van der Waals surface area contributed by atoms with E-state index in [0.29, 0.717) is 38.0 Å². The Labute approximate surface area is 226 Å². The molecule has 1 amide bonds. The molecule has 4 aromatic rings. The van der Waals surface area contributed by atoms with Gasteiger partial charge >= 0.3 is 0 Å². The summed E-state index contributed by atoms with van der Waals surface area (Å²) in [6.45, 7) is 4.39. The number of ketones is 1. The number of carbonyl (C=O) groups is 2. The maximum atomic E-state index is 13.5. The molecule has 0 aliphatic carbocycles. The third kappa shape index (κ3) is 5.18. The number of ether oxygens (including phenoxy) is 1. The van der Waals surface area contributed by atoms with Crippen molar-refractivity contribution in [3.63, 3.8) is 0 Å².